The molecule has 0 spiro atoms. The van der Waals surface area contributed by atoms with Crippen LogP contribution in [0.1, 0.15) is 42.4 Å². The van der Waals surface area contributed by atoms with Gasteiger partial charge in [-0.1, -0.05) is 43.3 Å². The molecule has 0 saturated carbocycles. The monoisotopic (exact) mass is 422 g/mol. The van der Waals surface area contributed by atoms with E-state index in [1.54, 1.807) is 0 Å². The van der Waals surface area contributed by atoms with Gasteiger partial charge >= 0.3 is 0 Å². The van der Waals surface area contributed by atoms with Crippen LogP contribution in [0.15, 0.2) is 54.6 Å². The lowest BCUT2D eigenvalue weighted by Crippen LogP contribution is -2.53. The first kappa shape index (κ1) is 21.4. The molecule has 2 aliphatic rings. The molecule has 2 N–H and O–H groups in total. The molecule has 1 aliphatic carbocycles. The number of rotatable bonds is 7. The lowest BCUT2D eigenvalue weighted by molar-refractivity contribution is -0.173. The largest absolute Gasteiger partial charge is 0.457 e. The normalized spacial score (nSPS) is 25.3. The van der Waals surface area contributed by atoms with E-state index in [4.69, 9.17) is 9.47 Å². The molecule has 2 aromatic carbocycles. The van der Waals surface area contributed by atoms with Crippen LogP contribution in [0.4, 0.5) is 0 Å². The molecule has 2 aromatic rings. The molecule has 0 amide bonds. The number of fused-ring (bicyclic) bond motifs is 1. The highest BCUT2D eigenvalue weighted by Gasteiger charge is 2.43. The summed E-state index contributed by atoms with van der Waals surface area (Å²) in [6, 6.07) is 16.0. The third kappa shape index (κ3) is 4.32. The van der Waals surface area contributed by atoms with Gasteiger partial charge in [-0.15, -0.1) is 0 Å². The second kappa shape index (κ2) is 9.14. The Hall–Kier alpha value is -2.80. The van der Waals surface area contributed by atoms with Gasteiger partial charge in [0, 0.05) is 11.5 Å². The number of ketones is 2. The Balaban J connectivity index is 1.49. The van der Waals surface area contributed by atoms with E-state index in [2.05, 4.69) is 6.92 Å². The molecule has 1 heterocycles. The van der Waals surface area contributed by atoms with Crippen LogP contribution in [-0.2, 0) is 20.7 Å². The van der Waals surface area contributed by atoms with E-state index in [9.17, 15) is 19.8 Å². The molecule has 6 heteroatoms. The highest BCUT2D eigenvalue weighted by atomic mass is 16.5. The Morgan fingerprint density at radius 3 is 2.45 bits per heavy atom. The van der Waals surface area contributed by atoms with Gasteiger partial charge in [-0.2, -0.15) is 0 Å². The Morgan fingerprint density at radius 2 is 1.74 bits per heavy atom. The first-order valence-electron chi connectivity index (χ1n) is 10.6. The van der Waals surface area contributed by atoms with Gasteiger partial charge in [0.1, 0.15) is 23.7 Å². The minimum absolute atomic E-state index is 0.0252. The summed E-state index contributed by atoms with van der Waals surface area (Å²) in [5.74, 6) is -0.203. The average Bonchev–Trinajstić information content (AvgIpc) is 3.15. The Bertz CT molecular complexity index is 993. The van der Waals surface area contributed by atoms with Crippen molar-refractivity contribution in [3.8, 4) is 5.75 Å². The highest BCUT2D eigenvalue weighted by molar-refractivity contribution is 6.41. The first-order chi connectivity index (χ1) is 15.0. The SMILES string of the molecule is CCc1ccc(OC2=CC(CC[C@@H]3O[C@H](CO)C(=O)C(=O)[C@H]3O)c3ccccc32)cc1. The molecule has 1 fully saturated rings. The van der Waals surface area contributed by atoms with E-state index in [-0.39, 0.29) is 5.92 Å². The van der Waals surface area contributed by atoms with Crippen molar-refractivity contribution in [1.29, 1.82) is 0 Å². The first-order valence-corrected chi connectivity index (χ1v) is 10.6. The molecule has 0 bridgehead atoms. The zero-order chi connectivity index (χ0) is 22.0. The van der Waals surface area contributed by atoms with Gasteiger partial charge in [0.25, 0.3) is 0 Å². The molecule has 0 aromatic heterocycles. The average molecular weight is 422 g/mol. The van der Waals surface area contributed by atoms with E-state index >= 15 is 0 Å². The van der Waals surface area contributed by atoms with Crippen LogP contribution in [-0.4, -0.2) is 46.7 Å². The van der Waals surface area contributed by atoms with E-state index < -0.39 is 36.5 Å². The van der Waals surface area contributed by atoms with Gasteiger partial charge in [0.15, 0.2) is 0 Å². The van der Waals surface area contributed by atoms with Crippen molar-refractivity contribution in [2.45, 2.75) is 50.4 Å². The van der Waals surface area contributed by atoms with Crippen LogP contribution in [0.2, 0.25) is 0 Å². The smallest absolute Gasteiger partial charge is 0.232 e. The lowest BCUT2D eigenvalue weighted by Gasteiger charge is -2.31. The molecule has 162 valence electrons. The summed E-state index contributed by atoms with van der Waals surface area (Å²) in [6.45, 7) is 1.53. The lowest BCUT2D eigenvalue weighted by atomic mass is 9.90. The van der Waals surface area contributed by atoms with Crippen molar-refractivity contribution in [2.24, 2.45) is 0 Å². The van der Waals surface area contributed by atoms with Crippen molar-refractivity contribution in [1.82, 2.24) is 0 Å². The number of ether oxygens (including phenoxy) is 2. The van der Waals surface area contributed by atoms with E-state index in [1.807, 2.05) is 54.6 Å². The Morgan fingerprint density at radius 1 is 1.00 bits per heavy atom. The number of hydrogen-bond donors (Lipinski definition) is 2. The number of hydrogen-bond acceptors (Lipinski definition) is 6. The van der Waals surface area contributed by atoms with Crippen LogP contribution in [0.25, 0.3) is 5.76 Å². The molecular formula is C25H26O6. The third-order valence-electron chi connectivity index (χ3n) is 5.96. The fourth-order valence-electron chi connectivity index (χ4n) is 4.17. The quantitative estimate of drug-likeness (QED) is 0.667. The van der Waals surface area contributed by atoms with Gasteiger partial charge in [0.05, 0.1) is 12.7 Å². The second-order valence-corrected chi connectivity index (χ2v) is 7.92. The highest BCUT2D eigenvalue weighted by Crippen LogP contribution is 2.40. The minimum atomic E-state index is -1.50. The topological polar surface area (TPSA) is 93.1 Å². The van der Waals surface area contributed by atoms with Crippen LogP contribution in [0, 0.1) is 0 Å². The maximum atomic E-state index is 12.0. The fourth-order valence-corrected chi connectivity index (χ4v) is 4.17. The van der Waals surface area contributed by atoms with E-state index in [0.29, 0.717) is 12.8 Å². The summed E-state index contributed by atoms with van der Waals surface area (Å²) in [4.78, 5) is 23.8. The zero-order valence-corrected chi connectivity index (χ0v) is 17.4. The zero-order valence-electron chi connectivity index (χ0n) is 17.4. The molecule has 1 saturated heterocycles. The predicted molar refractivity (Wildman–Crippen MR) is 115 cm³/mol. The molecule has 0 radical (unpaired) electrons. The molecule has 1 unspecified atom stereocenters. The summed E-state index contributed by atoms with van der Waals surface area (Å²) in [5, 5.41) is 19.5. The number of carbonyl (C=O) groups excluding carboxylic acids is 2. The molecular weight excluding hydrogens is 396 g/mol. The maximum Gasteiger partial charge on any atom is 0.232 e. The van der Waals surface area contributed by atoms with Crippen molar-refractivity contribution < 1.29 is 29.3 Å². The standard InChI is InChI=1S/C25H26O6/c1-2-15-7-10-17(11-8-15)30-21-13-16(18-5-3-4-6-19(18)21)9-12-20-23(27)25(29)24(28)22(14-26)31-20/h3-8,10-11,13,16,20,22-23,26-27H,2,9,12,14H2,1H3/t16?,20-,22+,23-/m0/s1. The number of aliphatic hydroxyl groups is 2. The Kier molecular flexibility index (Phi) is 6.32. The summed E-state index contributed by atoms with van der Waals surface area (Å²) < 4.78 is 11.7. The number of Topliss-reactive ketones (excluding diaryl/α,β-unsaturated/α-hetero) is 2. The molecule has 4 atom stereocenters. The van der Waals surface area contributed by atoms with E-state index in [0.717, 1.165) is 29.1 Å². The molecule has 1 aliphatic heterocycles. The van der Waals surface area contributed by atoms with Crippen molar-refractivity contribution in [3.63, 3.8) is 0 Å². The number of carbonyl (C=O) groups is 2. The van der Waals surface area contributed by atoms with Crippen molar-refractivity contribution in [3.05, 3.63) is 71.3 Å². The summed E-state index contributed by atoms with van der Waals surface area (Å²) >= 11 is 0. The number of aliphatic hydroxyl groups excluding tert-OH is 2. The van der Waals surface area contributed by atoms with Gasteiger partial charge in [-0.25, -0.2) is 0 Å². The Labute approximate surface area is 181 Å². The van der Waals surface area contributed by atoms with Gasteiger partial charge in [0.2, 0.25) is 11.6 Å². The number of allylic oxidation sites excluding steroid dienone is 1. The van der Waals surface area contributed by atoms with Crippen LogP contribution in [0.5, 0.6) is 5.75 Å². The minimum Gasteiger partial charge on any atom is -0.457 e. The van der Waals surface area contributed by atoms with Crippen molar-refractivity contribution >= 4 is 17.3 Å². The predicted octanol–water partition coefficient (Wildman–Crippen LogP) is 2.81. The maximum absolute atomic E-state index is 12.0. The van der Waals surface area contributed by atoms with Gasteiger partial charge < -0.3 is 19.7 Å². The van der Waals surface area contributed by atoms with Crippen LogP contribution >= 0.6 is 0 Å². The van der Waals surface area contributed by atoms with E-state index in [1.165, 1.54) is 5.56 Å². The van der Waals surface area contributed by atoms with Gasteiger partial charge in [-0.05, 0) is 48.6 Å². The van der Waals surface area contributed by atoms with Crippen LogP contribution in [0.3, 0.4) is 0 Å². The molecule has 31 heavy (non-hydrogen) atoms. The summed E-state index contributed by atoms with van der Waals surface area (Å²) in [6.07, 6.45) is 0.457. The third-order valence-corrected chi connectivity index (χ3v) is 5.96. The van der Waals surface area contributed by atoms with Crippen LogP contribution < -0.4 is 4.74 Å². The summed E-state index contributed by atoms with van der Waals surface area (Å²) in [5.41, 5.74) is 3.36. The summed E-state index contributed by atoms with van der Waals surface area (Å²) in [7, 11) is 0. The number of aryl methyl sites for hydroxylation is 1. The van der Waals surface area contributed by atoms with Crippen molar-refractivity contribution in [2.75, 3.05) is 6.61 Å². The molecule has 6 nitrogen and oxygen atoms in total. The fraction of sp³-hybridized carbons (Fsp3) is 0.360. The molecule has 4 rings (SSSR count). The number of benzene rings is 2. The van der Waals surface area contributed by atoms with Gasteiger partial charge in [-0.3, -0.25) is 9.59 Å². The second-order valence-electron chi connectivity index (χ2n) is 7.92.